The number of H-pyrrole nitrogens is 2. The van der Waals surface area contributed by atoms with Crippen molar-refractivity contribution < 1.29 is 37.5 Å². The van der Waals surface area contributed by atoms with E-state index in [-0.39, 0.29) is 35.7 Å². The van der Waals surface area contributed by atoms with Crippen LogP contribution in [0.5, 0.6) is 0 Å². The van der Waals surface area contributed by atoms with Gasteiger partial charge in [0, 0.05) is 35.0 Å². The number of benzene rings is 2. The number of carbonyl (C=O) groups is 4. The summed E-state index contributed by atoms with van der Waals surface area (Å²) in [6.45, 7) is 8.68. The summed E-state index contributed by atoms with van der Waals surface area (Å²) >= 11 is 0. The van der Waals surface area contributed by atoms with E-state index in [9.17, 15) is 19.2 Å². The normalized spacial score (nSPS) is 17.8. The van der Waals surface area contributed by atoms with E-state index in [2.05, 4.69) is 32.7 Å². The summed E-state index contributed by atoms with van der Waals surface area (Å²) in [6, 6.07) is 10.0. The van der Waals surface area contributed by atoms with Gasteiger partial charge in [0.25, 0.3) is 0 Å². The Morgan fingerprint density at radius 2 is 1.05 bits per heavy atom. The van der Waals surface area contributed by atoms with Crippen molar-refractivity contribution in [1.82, 2.24) is 40.4 Å². The van der Waals surface area contributed by atoms with Gasteiger partial charge in [0.15, 0.2) is 0 Å². The van der Waals surface area contributed by atoms with Gasteiger partial charge in [-0.25, -0.2) is 19.6 Å². The van der Waals surface area contributed by atoms with Crippen LogP contribution in [0.25, 0.3) is 55.6 Å². The first-order valence-electron chi connectivity index (χ1n) is 20.4. The standard InChI is InChI=1S/C44H50N8O8/c1-23(2)35(49-43(55)57-5)41(53)51-17-7-9-33(51)39-45-21-31(47-39)29-13-11-25(27-15-19-59-37(27)29)26-12-14-30(38-28(26)16-20-60-38)32-22-46-40(48-32)34-10-8-18-52(34)42(54)36(24(3)4)50-44(56)58-6/h11-16,19-24,33-36H,7-10,17-18H2,1-6H3,(H,45,47)(H,46,48)(H,49,55)(H,50,56). The molecule has 6 heterocycles. The van der Waals surface area contributed by atoms with E-state index in [0.29, 0.717) is 35.9 Å². The largest absolute Gasteiger partial charge is 0.464 e. The average Bonchev–Trinajstić information content (AvgIpc) is 4.10. The molecule has 2 aliphatic heterocycles. The zero-order valence-electron chi connectivity index (χ0n) is 34.5. The molecule has 16 nitrogen and oxygen atoms in total. The monoisotopic (exact) mass is 818 g/mol. The second kappa shape index (κ2) is 16.6. The molecular weight excluding hydrogens is 769 g/mol. The minimum atomic E-state index is -0.725. The Balaban J connectivity index is 1.05. The Hall–Kier alpha value is -6.58. The third kappa shape index (κ3) is 7.34. The number of alkyl carbamates (subject to hydrolysis) is 2. The van der Waals surface area contributed by atoms with Crippen LogP contribution in [0.4, 0.5) is 9.59 Å². The molecule has 2 fully saturated rings. The number of rotatable bonds is 11. The van der Waals surface area contributed by atoms with E-state index >= 15 is 0 Å². The predicted octanol–water partition coefficient (Wildman–Crippen LogP) is 7.71. The van der Waals surface area contributed by atoms with Gasteiger partial charge in [-0.3, -0.25) is 9.59 Å². The van der Waals surface area contributed by atoms with Gasteiger partial charge in [0.1, 0.15) is 34.9 Å². The fraction of sp³-hybridized carbons (Fsp3) is 0.409. The van der Waals surface area contributed by atoms with Crippen molar-refractivity contribution >= 4 is 45.9 Å². The van der Waals surface area contributed by atoms with Gasteiger partial charge < -0.3 is 48.7 Å². The summed E-state index contributed by atoms with van der Waals surface area (Å²) in [5.41, 5.74) is 6.43. The molecule has 0 saturated carbocycles. The quantitative estimate of drug-likeness (QED) is 0.100. The smallest absolute Gasteiger partial charge is 0.407 e. The second-order valence-electron chi connectivity index (χ2n) is 16.1. The topological polar surface area (TPSA) is 201 Å². The summed E-state index contributed by atoms with van der Waals surface area (Å²) in [7, 11) is 2.56. The van der Waals surface area contributed by atoms with E-state index in [1.54, 1.807) is 34.7 Å². The van der Waals surface area contributed by atoms with Crippen LogP contribution < -0.4 is 10.6 Å². The van der Waals surface area contributed by atoms with Crippen molar-refractivity contribution in [3.8, 4) is 33.6 Å². The summed E-state index contributed by atoms with van der Waals surface area (Å²) in [4.78, 5) is 71.5. The van der Waals surface area contributed by atoms with Crippen LogP contribution >= 0.6 is 0 Å². The van der Waals surface area contributed by atoms with Crippen molar-refractivity contribution in [2.45, 2.75) is 77.5 Å². The number of likely N-dealkylation sites (tertiary alicyclic amines) is 2. The molecule has 4 N–H and O–H groups in total. The number of amides is 4. The van der Waals surface area contributed by atoms with Gasteiger partial charge in [-0.15, -0.1) is 0 Å². The number of furan rings is 2. The van der Waals surface area contributed by atoms with Crippen molar-refractivity contribution in [3.63, 3.8) is 0 Å². The Labute approximate surface area is 346 Å². The molecule has 6 aromatic rings. The molecular formula is C44H50N8O8. The van der Waals surface area contributed by atoms with E-state index in [4.69, 9.17) is 28.3 Å². The van der Waals surface area contributed by atoms with Gasteiger partial charge in [0.2, 0.25) is 11.8 Å². The fourth-order valence-corrected chi connectivity index (χ4v) is 8.69. The van der Waals surface area contributed by atoms with Crippen molar-refractivity contribution in [2.75, 3.05) is 27.3 Å². The maximum absolute atomic E-state index is 13.7. The first-order valence-corrected chi connectivity index (χ1v) is 20.4. The Morgan fingerprint density at radius 3 is 1.43 bits per heavy atom. The molecule has 4 unspecified atom stereocenters. The minimum absolute atomic E-state index is 0.136. The van der Waals surface area contributed by atoms with Crippen LogP contribution in [0, 0.1) is 11.8 Å². The van der Waals surface area contributed by atoms with Gasteiger partial charge in [-0.2, -0.15) is 0 Å². The first-order chi connectivity index (χ1) is 29.0. The highest BCUT2D eigenvalue weighted by Gasteiger charge is 2.39. The van der Waals surface area contributed by atoms with Gasteiger partial charge in [-0.05, 0) is 72.9 Å². The number of carbonyl (C=O) groups excluding carboxylic acids is 4. The SMILES string of the molecule is COC(=O)NC(C(=O)N1CCCC1c1ncc(-c2ccc(-c3ccc(-c4cnc(C5CCCN5C(=O)C(NC(=O)OC)C(C)C)[nH]4)c4occc34)c3ccoc23)[nH]1)C(C)C. The van der Waals surface area contributed by atoms with Crippen LogP contribution in [0.1, 0.15) is 77.1 Å². The molecule has 2 aromatic carbocycles. The highest BCUT2D eigenvalue weighted by atomic mass is 16.5. The van der Waals surface area contributed by atoms with Crippen molar-refractivity contribution in [2.24, 2.45) is 11.8 Å². The number of ether oxygens (including phenoxy) is 2. The maximum atomic E-state index is 13.7. The maximum Gasteiger partial charge on any atom is 0.407 e. The molecule has 2 saturated heterocycles. The highest BCUT2D eigenvalue weighted by molar-refractivity contribution is 6.09. The molecule has 314 valence electrons. The number of aromatic amines is 2. The lowest BCUT2D eigenvalue weighted by Gasteiger charge is -2.30. The predicted molar refractivity (Wildman–Crippen MR) is 222 cm³/mol. The molecule has 4 aromatic heterocycles. The zero-order valence-corrected chi connectivity index (χ0v) is 34.5. The zero-order chi connectivity index (χ0) is 42.2. The van der Waals surface area contributed by atoms with Crippen LogP contribution in [0.2, 0.25) is 0 Å². The Bertz CT molecular complexity index is 2370. The number of fused-ring (bicyclic) bond motifs is 2. The van der Waals surface area contributed by atoms with E-state index in [1.165, 1.54) is 14.2 Å². The molecule has 4 amide bonds. The molecule has 0 bridgehead atoms. The van der Waals surface area contributed by atoms with Crippen molar-refractivity contribution in [3.05, 3.63) is 73.0 Å². The van der Waals surface area contributed by atoms with Crippen LogP contribution in [-0.4, -0.2) is 93.1 Å². The van der Waals surface area contributed by atoms with Crippen molar-refractivity contribution in [1.29, 1.82) is 0 Å². The number of hydrogen-bond acceptors (Lipinski definition) is 10. The number of nitrogens with zero attached hydrogens (tertiary/aromatic N) is 4. The molecule has 8 rings (SSSR count). The lowest BCUT2D eigenvalue weighted by atomic mass is 9.94. The minimum Gasteiger partial charge on any atom is -0.464 e. The Morgan fingerprint density at radius 1 is 0.650 bits per heavy atom. The lowest BCUT2D eigenvalue weighted by Crippen LogP contribution is -2.51. The summed E-state index contributed by atoms with van der Waals surface area (Å²) in [5, 5.41) is 7.21. The van der Waals surface area contributed by atoms with Gasteiger partial charge >= 0.3 is 12.2 Å². The van der Waals surface area contributed by atoms with Crippen LogP contribution in [-0.2, 0) is 19.1 Å². The second-order valence-corrected chi connectivity index (χ2v) is 16.1. The van der Waals surface area contributed by atoms with Crippen LogP contribution in [0.15, 0.2) is 70.2 Å². The number of methoxy groups -OCH3 is 2. The number of imidazole rings is 2. The summed E-state index contributed by atoms with van der Waals surface area (Å²) in [5.74, 6) is 0.723. The Kier molecular flexibility index (Phi) is 11.1. The molecule has 0 spiro atoms. The van der Waals surface area contributed by atoms with E-state index < -0.39 is 24.3 Å². The van der Waals surface area contributed by atoms with Gasteiger partial charge in [-0.1, -0.05) is 39.8 Å². The number of aromatic nitrogens is 4. The molecule has 0 radical (unpaired) electrons. The highest BCUT2D eigenvalue weighted by Crippen LogP contribution is 2.42. The first kappa shape index (κ1) is 40.2. The summed E-state index contributed by atoms with van der Waals surface area (Å²) in [6.07, 6.45) is 8.69. The molecule has 4 atom stereocenters. The number of hydrogen-bond donors (Lipinski definition) is 4. The van der Waals surface area contributed by atoms with Crippen LogP contribution in [0.3, 0.4) is 0 Å². The van der Waals surface area contributed by atoms with E-state index in [1.807, 2.05) is 52.0 Å². The van der Waals surface area contributed by atoms with E-state index in [0.717, 1.165) is 70.1 Å². The average molecular weight is 819 g/mol. The molecule has 60 heavy (non-hydrogen) atoms. The summed E-state index contributed by atoms with van der Waals surface area (Å²) < 4.78 is 21.8. The molecule has 2 aliphatic rings. The van der Waals surface area contributed by atoms with Gasteiger partial charge in [0.05, 0.1) is 62.6 Å². The molecule has 16 heteroatoms. The third-order valence-electron chi connectivity index (χ3n) is 11.8. The molecule has 0 aliphatic carbocycles. The fourth-order valence-electron chi connectivity index (χ4n) is 8.69. The third-order valence-corrected chi connectivity index (χ3v) is 11.8. The lowest BCUT2D eigenvalue weighted by molar-refractivity contribution is -0.136. The number of nitrogens with one attached hydrogen (secondary N) is 4.